The molecule has 0 aliphatic heterocycles. The quantitative estimate of drug-likeness (QED) is 0.729. The summed E-state index contributed by atoms with van der Waals surface area (Å²) in [5, 5.41) is 3.34. The average molecular weight is 223 g/mol. The maximum atomic E-state index is 12.8. The highest BCUT2D eigenvalue weighted by atomic mass is 19.1. The fourth-order valence-electron chi connectivity index (χ4n) is 1.85. The molecule has 0 atom stereocenters. The minimum absolute atomic E-state index is 0.158. The third-order valence-corrected chi connectivity index (χ3v) is 2.82. The van der Waals surface area contributed by atoms with Crippen LogP contribution in [0, 0.1) is 11.2 Å². The Morgan fingerprint density at radius 3 is 2.38 bits per heavy atom. The van der Waals surface area contributed by atoms with Crippen LogP contribution < -0.4 is 5.32 Å². The largest absolute Gasteiger partial charge is 0.317 e. The van der Waals surface area contributed by atoms with Gasteiger partial charge in [0.25, 0.3) is 0 Å². The van der Waals surface area contributed by atoms with E-state index in [4.69, 9.17) is 0 Å². The summed E-state index contributed by atoms with van der Waals surface area (Å²) in [5.74, 6) is -0.158. The summed E-state index contributed by atoms with van der Waals surface area (Å²) >= 11 is 0. The number of halogens is 1. The second kappa shape index (κ2) is 6.00. The van der Waals surface area contributed by atoms with Crippen LogP contribution >= 0.6 is 0 Å². The van der Waals surface area contributed by atoms with Gasteiger partial charge in [-0.2, -0.15) is 0 Å². The van der Waals surface area contributed by atoms with Gasteiger partial charge < -0.3 is 5.32 Å². The van der Waals surface area contributed by atoms with Crippen molar-refractivity contribution in [1.29, 1.82) is 0 Å². The highest BCUT2D eigenvalue weighted by Gasteiger charge is 2.17. The Morgan fingerprint density at radius 2 is 1.81 bits per heavy atom. The van der Waals surface area contributed by atoms with Crippen LogP contribution in [-0.4, -0.2) is 13.1 Å². The van der Waals surface area contributed by atoms with Crippen molar-refractivity contribution in [2.45, 2.75) is 33.6 Å². The van der Waals surface area contributed by atoms with Gasteiger partial charge >= 0.3 is 0 Å². The SMILES string of the molecule is CCNCCC(C)(C)Cc1ccc(F)cc1. The van der Waals surface area contributed by atoms with Crippen molar-refractivity contribution in [2.75, 3.05) is 13.1 Å². The molecule has 90 valence electrons. The lowest BCUT2D eigenvalue weighted by Gasteiger charge is -2.24. The number of hydrogen-bond acceptors (Lipinski definition) is 1. The van der Waals surface area contributed by atoms with E-state index in [0.717, 1.165) is 25.9 Å². The van der Waals surface area contributed by atoms with Crippen LogP contribution in [0.5, 0.6) is 0 Å². The first-order chi connectivity index (χ1) is 7.53. The Kier molecular flexibility index (Phi) is 4.94. The first-order valence-electron chi connectivity index (χ1n) is 5.99. The zero-order chi connectivity index (χ0) is 12.0. The molecule has 1 nitrogen and oxygen atoms in total. The third kappa shape index (κ3) is 4.75. The first-order valence-corrected chi connectivity index (χ1v) is 5.99. The molecular weight excluding hydrogens is 201 g/mol. The first kappa shape index (κ1) is 13.2. The lowest BCUT2D eigenvalue weighted by molar-refractivity contribution is 0.326. The van der Waals surface area contributed by atoms with E-state index >= 15 is 0 Å². The molecule has 1 N–H and O–H groups in total. The number of nitrogens with one attached hydrogen (secondary N) is 1. The van der Waals surface area contributed by atoms with E-state index < -0.39 is 0 Å². The van der Waals surface area contributed by atoms with E-state index in [1.807, 2.05) is 12.1 Å². The molecule has 0 heterocycles. The normalized spacial score (nSPS) is 11.8. The molecule has 2 heteroatoms. The Hall–Kier alpha value is -0.890. The third-order valence-electron chi connectivity index (χ3n) is 2.82. The minimum atomic E-state index is -0.158. The Labute approximate surface area is 98.1 Å². The van der Waals surface area contributed by atoms with Crippen LogP contribution in [0.1, 0.15) is 32.8 Å². The molecule has 16 heavy (non-hydrogen) atoms. The summed E-state index contributed by atoms with van der Waals surface area (Å²) in [4.78, 5) is 0. The summed E-state index contributed by atoms with van der Waals surface area (Å²) in [7, 11) is 0. The fourth-order valence-corrected chi connectivity index (χ4v) is 1.85. The van der Waals surface area contributed by atoms with Crippen LogP contribution in [0.3, 0.4) is 0 Å². The van der Waals surface area contributed by atoms with Crippen molar-refractivity contribution in [3.05, 3.63) is 35.6 Å². The van der Waals surface area contributed by atoms with Crippen molar-refractivity contribution in [1.82, 2.24) is 5.32 Å². The molecule has 0 aliphatic carbocycles. The van der Waals surface area contributed by atoms with Crippen molar-refractivity contribution in [2.24, 2.45) is 5.41 Å². The smallest absolute Gasteiger partial charge is 0.123 e. The molecule has 0 saturated carbocycles. The molecule has 0 fully saturated rings. The van der Waals surface area contributed by atoms with Gasteiger partial charge in [-0.25, -0.2) is 4.39 Å². The molecule has 0 unspecified atom stereocenters. The lowest BCUT2D eigenvalue weighted by Crippen LogP contribution is -2.23. The Morgan fingerprint density at radius 1 is 1.19 bits per heavy atom. The predicted molar refractivity (Wildman–Crippen MR) is 67.0 cm³/mol. The number of hydrogen-bond donors (Lipinski definition) is 1. The zero-order valence-electron chi connectivity index (χ0n) is 10.5. The van der Waals surface area contributed by atoms with E-state index in [-0.39, 0.29) is 11.2 Å². The maximum absolute atomic E-state index is 12.8. The molecule has 1 rings (SSSR count). The summed E-state index contributed by atoms with van der Waals surface area (Å²) in [5.41, 5.74) is 1.47. The molecule has 0 aromatic heterocycles. The van der Waals surface area contributed by atoms with Gasteiger partial charge in [0.2, 0.25) is 0 Å². The molecule has 0 bridgehead atoms. The van der Waals surface area contributed by atoms with Gasteiger partial charge in [0.05, 0.1) is 0 Å². The molecule has 0 radical (unpaired) electrons. The molecule has 1 aromatic rings. The maximum Gasteiger partial charge on any atom is 0.123 e. The molecule has 0 spiro atoms. The topological polar surface area (TPSA) is 12.0 Å². The highest BCUT2D eigenvalue weighted by Crippen LogP contribution is 2.25. The monoisotopic (exact) mass is 223 g/mol. The van der Waals surface area contributed by atoms with Crippen LogP contribution in [0.2, 0.25) is 0 Å². The minimum Gasteiger partial charge on any atom is -0.317 e. The van der Waals surface area contributed by atoms with Gasteiger partial charge in [-0.1, -0.05) is 32.9 Å². The number of benzene rings is 1. The molecular formula is C14H22FN. The van der Waals surface area contributed by atoms with Crippen molar-refractivity contribution in [3.63, 3.8) is 0 Å². The van der Waals surface area contributed by atoms with Gasteiger partial charge in [0.15, 0.2) is 0 Å². The summed E-state index contributed by atoms with van der Waals surface area (Å²) in [6, 6.07) is 6.83. The van der Waals surface area contributed by atoms with Crippen molar-refractivity contribution < 1.29 is 4.39 Å². The summed E-state index contributed by atoms with van der Waals surface area (Å²) < 4.78 is 12.8. The fraction of sp³-hybridized carbons (Fsp3) is 0.571. The second-order valence-electron chi connectivity index (χ2n) is 5.07. The lowest BCUT2D eigenvalue weighted by atomic mass is 9.82. The van der Waals surface area contributed by atoms with E-state index in [9.17, 15) is 4.39 Å². The van der Waals surface area contributed by atoms with E-state index in [1.54, 1.807) is 0 Å². The van der Waals surface area contributed by atoms with E-state index in [2.05, 4.69) is 26.1 Å². The molecule has 0 amide bonds. The zero-order valence-corrected chi connectivity index (χ0v) is 10.5. The number of rotatable bonds is 6. The van der Waals surface area contributed by atoms with Gasteiger partial charge in [-0.05, 0) is 49.0 Å². The predicted octanol–water partition coefficient (Wildman–Crippen LogP) is 3.39. The van der Waals surface area contributed by atoms with Crippen molar-refractivity contribution in [3.8, 4) is 0 Å². The Balaban J connectivity index is 2.48. The van der Waals surface area contributed by atoms with Crippen LogP contribution in [0.25, 0.3) is 0 Å². The summed E-state index contributed by atoms with van der Waals surface area (Å²) in [6.45, 7) is 8.70. The molecule has 1 aromatic carbocycles. The van der Waals surface area contributed by atoms with Gasteiger partial charge in [-0.3, -0.25) is 0 Å². The molecule has 0 saturated heterocycles. The highest BCUT2D eigenvalue weighted by molar-refractivity contribution is 5.17. The average Bonchev–Trinajstić information content (AvgIpc) is 2.21. The van der Waals surface area contributed by atoms with Crippen LogP contribution in [-0.2, 0) is 6.42 Å². The Bertz CT molecular complexity index is 303. The standard InChI is InChI=1S/C14H22FN/c1-4-16-10-9-14(2,3)11-12-5-7-13(15)8-6-12/h5-8,16H,4,9-11H2,1-3H3. The van der Waals surface area contributed by atoms with Gasteiger partial charge in [0.1, 0.15) is 5.82 Å². The second-order valence-corrected chi connectivity index (χ2v) is 5.07. The van der Waals surface area contributed by atoms with E-state index in [0.29, 0.717) is 0 Å². The van der Waals surface area contributed by atoms with Gasteiger partial charge in [0, 0.05) is 0 Å². The van der Waals surface area contributed by atoms with Crippen molar-refractivity contribution >= 4 is 0 Å². The van der Waals surface area contributed by atoms with E-state index in [1.165, 1.54) is 17.7 Å². The van der Waals surface area contributed by atoms with Crippen LogP contribution in [0.4, 0.5) is 4.39 Å². The molecule has 0 aliphatic rings. The van der Waals surface area contributed by atoms with Crippen LogP contribution in [0.15, 0.2) is 24.3 Å². The van der Waals surface area contributed by atoms with Gasteiger partial charge in [-0.15, -0.1) is 0 Å². The summed E-state index contributed by atoms with van der Waals surface area (Å²) in [6.07, 6.45) is 2.14.